The molecule has 142 valence electrons. The quantitative estimate of drug-likeness (QED) is 0.359. The maximum Gasteiger partial charge on any atom is 0.334 e. The second-order valence-electron chi connectivity index (χ2n) is 7.58. The summed E-state index contributed by atoms with van der Waals surface area (Å²) in [5.74, 6) is -1.41. The third-order valence-electron chi connectivity index (χ3n) is 5.54. The highest BCUT2D eigenvalue weighted by Crippen LogP contribution is 2.50. The predicted octanol–water partition coefficient (Wildman–Crippen LogP) is 2.22. The standard InChI is InChI=1S/C20H26O6/c1-11-6-5-8-20(4)17(26-20)16-15(13(3)19(23)25-16)14(10-11)24-18(22)12(2)7-9-21/h6-7,14-17,21H,3,5,8-10H2,1-2,4H3/b11-6+,12-7+/t14-,15-,16+,17-,20-/m1/s1. The molecule has 5 atom stereocenters. The van der Waals surface area contributed by atoms with Crippen LogP contribution in [0.2, 0.25) is 0 Å². The molecule has 0 saturated carbocycles. The van der Waals surface area contributed by atoms with Crippen molar-refractivity contribution in [2.24, 2.45) is 5.92 Å². The molecule has 0 bridgehead atoms. The van der Waals surface area contributed by atoms with Crippen LogP contribution >= 0.6 is 0 Å². The number of hydrogen-bond donors (Lipinski definition) is 1. The minimum Gasteiger partial charge on any atom is -0.458 e. The molecule has 1 N–H and O–H groups in total. The van der Waals surface area contributed by atoms with Crippen molar-refractivity contribution < 1.29 is 28.9 Å². The van der Waals surface area contributed by atoms with Crippen LogP contribution in [0.1, 0.15) is 40.0 Å². The van der Waals surface area contributed by atoms with Crippen molar-refractivity contribution in [3.63, 3.8) is 0 Å². The molecule has 0 unspecified atom stereocenters. The van der Waals surface area contributed by atoms with Gasteiger partial charge in [-0.1, -0.05) is 18.2 Å². The summed E-state index contributed by atoms with van der Waals surface area (Å²) in [4.78, 5) is 24.6. The molecule has 3 aliphatic rings. The second-order valence-corrected chi connectivity index (χ2v) is 7.58. The summed E-state index contributed by atoms with van der Waals surface area (Å²) in [6, 6.07) is 0. The monoisotopic (exact) mass is 362 g/mol. The zero-order valence-corrected chi connectivity index (χ0v) is 15.5. The van der Waals surface area contributed by atoms with Crippen molar-refractivity contribution >= 4 is 11.9 Å². The van der Waals surface area contributed by atoms with Gasteiger partial charge in [-0.2, -0.15) is 0 Å². The maximum atomic E-state index is 12.4. The Hall–Kier alpha value is -1.92. The van der Waals surface area contributed by atoms with Crippen LogP contribution in [0.15, 0.2) is 35.5 Å². The average molecular weight is 362 g/mol. The van der Waals surface area contributed by atoms with Gasteiger partial charge < -0.3 is 19.3 Å². The van der Waals surface area contributed by atoms with Crippen LogP contribution in [-0.2, 0) is 23.8 Å². The highest BCUT2D eigenvalue weighted by molar-refractivity contribution is 5.91. The molecule has 6 heteroatoms. The third kappa shape index (κ3) is 3.48. The molecule has 0 amide bonds. The van der Waals surface area contributed by atoms with Crippen LogP contribution in [-0.4, -0.2) is 47.6 Å². The number of epoxide rings is 1. The van der Waals surface area contributed by atoms with Gasteiger partial charge >= 0.3 is 11.9 Å². The summed E-state index contributed by atoms with van der Waals surface area (Å²) >= 11 is 0. The molecule has 0 aromatic carbocycles. The van der Waals surface area contributed by atoms with E-state index in [0.29, 0.717) is 17.6 Å². The van der Waals surface area contributed by atoms with Crippen molar-refractivity contribution in [2.45, 2.75) is 63.9 Å². The third-order valence-corrected chi connectivity index (χ3v) is 5.54. The topological polar surface area (TPSA) is 85.4 Å². The van der Waals surface area contributed by atoms with Gasteiger partial charge in [-0.15, -0.1) is 0 Å². The Labute approximate surface area is 153 Å². The number of aliphatic hydroxyl groups excluding tert-OH is 1. The molecule has 26 heavy (non-hydrogen) atoms. The van der Waals surface area contributed by atoms with E-state index in [9.17, 15) is 9.59 Å². The lowest BCUT2D eigenvalue weighted by molar-refractivity contribution is -0.148. The van der Waals surface area contributed by atoms with Crippen molar-refractivity contribution in [1.82, 2.24) is 0 Å². The number of carbonyl (C=O) groups is 2. The first-order chi connectivity index (χ1) is 12.3. The van der Waals surface area contributed by atoms with Crippen LogP contribution in [0.4, 0.5) is 0 Å². The van der Waals surface area contributed by atoms with Crippen LogP contribution < -0.4 is 0 Å². The normalized spacial score (nSPS) is 39.2. The second kappa shape index (κ2) is 7.00. The zero-order valence-electron chi connectivity index (χ0n) is 15.5. The Morgan fingerprint density at radius 2 is 2.27 bits per heavy atom. The van der Waals surface area contributed by atoms with E-state index >= 15 is 0 Å². The molecular weight excluding hydrogens is 336 g/mol. The SMILES string of the molecule is C=C1C(=O)O[C@H]2[C@H]1[C@H](OC(=O)/C(C)=C/CO)C/C(C)=C/CC[C@@]1(C)O[C@H]21. The van der Waals surface area contributed by atoms with Crippen molar-refractivity contribution in [3.05, 3.63) is 35.5 Å². The largest absolute Gasteiger partial charge is 0.458 e. The smallest absolute Gasteiger partial charge is 0.334 e. The maximum absolute atomic E-state index is 12.4. The van der Waals surface area contributed by atoms with E-state index in [0.717, 1.165) is 18.4 Å². The van der Waals surface area contributed by atoms with E-state index in [2.05, 4.69) is 12.7 Å². The fourth-order valence-electron chi connectivity index (χ4n) is 3.86. The van der Waals surface area contributed by atoms with E-state index in [1.807, 2.05) is 13.8 Å². The van der Waals surface area contributed by atoms with E-state index < -0.39 is 30.1 Å². The van der Waals surface area contributed by atoms with Crippen LogP contribution in [0.3, 0.4) is 0 Å². The molecule has 2 heterocycles. The first-order valence-corrected chi connectivity index (χ1v) is 8.98. The molecule has 0 spiro atoms. The highest BCUT2D eigenvalue weighted by atomic mass is 16.6. The van der Waals surface area contributed by atoms with Gasteiger partial charge in [0.25, 0.3) is 0 Å². The number of hydrogen-bond acceptors (Lipinski definition) is 6. The minimum atomic E-state index is -0.573. The van der Waals surface area contributed by atoms with Crippen molar-refractivity contribution in [1.29, 1.82) is 0 Å². The molecule has 0 radical (unpaired) electrons. The molecular formula is C20H26O6. The summed E-state index contributed by atoms with van der Waals surface area (Å²) in [7, 11) is 0. The van der Waals surface area contributed by atoms with E-state index in [1.54, 1.807) is 6.92 Å². The lowest BCUT2D eigenvalue weighted by atomic mass is 9.82. The first kappa shape index (κ1) is 18.9. The Bertz CT molecular complexity index is 690. The van der Waals surface area contributed by atoms with E-state index in [4.69, 9.17) is 19.3 Å². The van der Waals surface area contributed by atoms with Gasteiger partial charge in [0, 0.05) is 17.6 Å². The van der Waals surface area contributed by atoms with Crippen molar-refractivity contribution in [2.75, 3.05) is 6.61 Å². The molecule has 1 aliphatic carbocycles. The van der Waals surface area contributed by atoms with Gasteiger partial charge in [0.15, 0.2) is 0 Å². The summed E-state index contributed by atoms with van der Waals surface area (Å²) in [5.41, 5.74) is 1.40. The molecule has 6 nitrogen and oxygen atoms in total. The lowest BCUT2D eigenvalue weighted by Crippen LogP contribution is -2.38. The molecule has 2 fully saturated rings. The van der Waals surface area contributed by atoms with Crippen molar-refractivity contribution in [3.8, 4) is 0 Å². The van der Waals surface area contributed by atoms with E-state index in [-0.39, 0.29) is 18.3 Å². The Kier molecular flexibility index (Phi) is 5.08. The number of allylic oxidation sites excluding steroid dienone is 1. The Morgan fingerprint density at radius 3 is 2.96 bits per heavy atom. The zero-order chi connectivity index (χ0) is 19.1. The number of aliphatic hydroxyl groups is 1. The average Bonchev–Trinajstić information content (AvgIpc) is 3.15. The molecule has 2 saturated heterocycles. The molecule has 0 aromatic rings. The van der Waals surface area contributed by atoms with Crippen LogP contribution in [0.25, 0.3) is 0 Å². The summed E-state index contributed by atoms with van der Waals surface area (Å²) in [5, 5.41) is 8.99. The van der Waals surface area contributed by atoms with Gasteiger partial charge in [0.2, 0.25) is 0 Å². The Balaban J connectivity index is 1.92. The van der Waals surface area contributed by atoms with Crippen LogP contribution in [0, 0.1) is 5.92 Å². The van der Waals surface area contributed by atoms with Gasteiger partial charge in [0.1, 0.15) is 18.3 Å². The fourth-order valence-corrected chi connectivity index (χ4v) is 3.86. The number of fused-ring (bicyclic) bond motifs is 3. The van der Waals surface area contributed by atoms with Crippen LogP contribution in [0.5, 0.6) is 0 Å². The van der Waals surface area contributed by atoms with Gasteiger partial charge in [-0.05, 0) is 39.7 Å². The van der Waals surface area contributed by atoms with Gasteiger partial charge in [0.05, 0.1) is 18.1 Å². The lowest BCUT2D eigenvalue weighted by Gasteiger charge is -2.28. The molecule has 3 rings (SSSR count). The highest BCUT2D eigenvalue weighted by Gasteiger charge is 2.63. The summed E-state index contributed by atoms with van der Waals surface area (Å²) in [6.45, 7) is 9.25. The summed E-state index contributed by atoms with van der Waals surface area (Å²) in [6.07, 6.45) is 4.45. The minimum absolute atomic E-state index is 0.210. The molecule has 0 aromatic heterocycles. The molecule has 2 aliphatic heterocycles. The van der Waals surface area contributed by atoms with Gasteiger partial charge in [-0.3, -0.25) is 0 Å². The first-order valence-electron chi connectivity index (χ1n) is 8.98. The Morgan fingerprint density at radius 1 is 1.54 bits per heavy atom. The predicted molar refractivity (Wildman–Crippen MR) is 94.1 cm³/mol. The number of rotatable bonds is 3. The number of carbonyl (C=O) groups excluding carboxylic acids is 2. The van der Waals surface area contributed by atoms with E-state index in [1.165, 1.54) is 6.08 Å². The van der Waals surface area contributed by atoms with Gasteiger partial charge in [-0.25, -0.2) is 9.59 Å². The fraction of sp³-hybridized carbons (Fsp3) is 0.600. The summed E-state index contributed by atoms with van der Waals surface area (Å²) < 4.78 is 17.2. The number of esters is 2. The number of ether oxygens (including phenoxy) is 3.